The third kappa shape index (κ3) is 2.94. The first-order chi connectivity index (χ1) is 6.83. The Balaban J connectivity index is 0.000000379. The third-order valence-electron chi connectivity index (χ3n) is 2.66. The van der Waals surface area contributed by atoms with E-state index in [2.05, 4.69) is 17.3 Å². The van der Waals surface area contributed by atoms with E-state index in [1.165, 1.54) is 0 Å². The molecule has 2 aliphatic heterocycles. The van der Waals surface area contributed by atoms with Crippen molar-refractivity contribution in [2.75, 3.05) is 39.9 Å². The van der Waals surface area contributed by atoms with Crippen molar-refractivity contribution in [2.45, 2.75) is 33.2 Å². The van der Waals surface area contributed by atoms with Gasteiger partial charge in [-0.25, -0.2) is 0 Å². The van der Waals surface area contributed by atoms with Crippen LogP contribution in [0.4, 0.5) is 0 Å². The first kappa shape index (κ1) is 13.9. The van der Waals surface area contributed by atoms with Gasteiger partial charge in [-0.3, -0.25) is 4.90 Å². The van der Waals surface area contributed by atoms with Gasteiger partial charge in [0.2, 0.25) is 0 Å². The van der Waals surface area contributed by atoms with E-state index in [1.54, 1.807) is 0 Å². The number of nitrogens with one attached hydrogen (secondary N) is 1. The predicted molar refractivity (Wildman–Crippen MR) is 61.7 cm³/mol. The molecule has 0 radical (unpaired) electrons. The molecule has 1 N–H and O–H groups in total. The van der Waals surface area contributed by atoms with Crippen LogP contribution in [0.5, 0.6) is 0 Å². The van der Waals surface area contributed by atoms with Gasteiger partial charge in [0.05, 0.1) is 18.8 Å². The van der Waals surface area contributed by atoms with Crippen LogP contribution in [0.15, 0.2) is 0 Å². The molecule has 2 saturated heterocycles. The zero-order chi connectivity index (χ0) is 11.0. The summed E-state index contributed by atoms with van der Waals surface area (Å²) in [6.45, 7) is 13.1. The summed E-state index contributed by atoms with van der Waals surface area (Å²) in [5.74, 6) is 0. The lowest BCUT2D eigenvalue weighted by atomic mass is 9.91. The van der Waals surface area contributed by atoms with Gasteiger partial charge in [-0.15, -0.1) is 0 Å². The van der Waals surface area contributed by atoms with Crippen LogP contribution in [0.1, 0.15) is 27.7 Å². The van der Waals surface area contributed by atoms with Crippen molar-refractivity contribution in [1.29, 1.82) is 0 Å². The lowest BCUT2D eigenvalue weighted by molar-refractivity contribution is -0.0801. The Morgan fingerprint density at radius 2 is 1.71 bits per heavy atom. The zero-order valence-electron chi connectivity index (χ0n) is 10.4. The van der Waals surface area contributed by atoms with Crippen molar-refractivity contribution in [3.05, 3.63) is 0 Å². The molecular weight excluding hydrogens is 176 g/mol. The molecule has 0 unspecified atom stereocenters. The lowest BCUT2D eigenvalue weighted by Crippen LogP contribution is -2.72. The number of morpholine rings is 1. The van der Waals surface area contributed by atoms with Crippen LogP contribution >= 0.6 is 0 Å². The highest BCUT2D eigenvalue weighted by atomic mass is 16.5. The van der Waals surface area contributed by atoms with Crippen LogP contribution in [0.2, 0.25) is 0 Å². The van der Waals surface area contributed by atoms with Gasteiger partial charge >= 0.3 is 0 Å². The number of ether oxygens (including phenoxy) is 1. The fraction of sp³-hybridized carbons (Fsp3) is 1.00. The topological polar surface area (TPSA) is 24.5 Å². The average molecular weight is 202 g/mol. The van der Waals surface area contributed by atoms with Gasteiger partial charge in [-0.1, -0.05) is 27.7 Å². The van der Waals surface area contributed by atoms with Gasteiger partial charge in [0.15, 0.2) is 0 Å². The molecular formula is C11H26N2O. The first-order valence-electron chi connectivity index (χ1n) is 5.83. The molecule has 3 heteroatoms. The monoisotopic (exact) mass is 202 g/mol. The largest absolute Gasteiger partial charge is 0.378 e. The number of hydrogen-bond acceptors (Lipinski definition) is 3. The average Bonchev–Trinajstić information content (AvgIpc) is 2.22. The number of hydrogen-bond donors (Lipinski definition) is 1. The first-order valence-corrected chi connectivity index (χ1v) is 5.83. The van der Waals surface area contributed by atoms with E-state index in [-0.39, 0.29) is 0 Å². The van der Waals surface area contributed by atoms with Crippen LogP contribution in [0.25, 0.3) is 0 Å². The molecule has 0 aromatic heterocycles. The smallest absolute Gasteiger partial charge is 0.0692 e. The Bertz CT molecular complexity index is 135. The van der Waals surface area contributed by atoms with Crippen molar-refractivity contribution >= 4 is 0 Å². The Labute approximate surface area is 88.8 Å². The molecule has 2 fully saturated rings. The van der Waals surface area contributed by atoms with Gasteiger partial charge in [-0.2, -0.15) is 0 Å². The maximum absolute atomic E-state index is 5.42. The second kappa shape index (κ2) is 7.21. The Morgan fingerprint density at radius 3 is 2.00 bits per heavy atom. The summed E-state index contributed by atoms with van der Waals surface area (Å²) in [5.41, 5.74) is 0.359. The second-order valence-corrected chi connectivity index (χ2v) is 3.30. The molecule has 2 heterocycles. The Hall–Kier alpha value is -0.120. The summed E-state index contributed by atoms with van der Waals surface area (Å²) in [6, 6.07) is 0. The highest BCUT2D eigenvalue weighted by molar-refractivity contribution is 5.02. The van der Waals surface area contributed by atoms with E-state index >= 15 is 0 Å². The Kier molecular flexibility index (Phi) is 7.15. The molecule has 0 aromatic carbocycles. The normalized spacial score (nSPS) is 23.8. The molecule has 14 heavy (non-hydrogen) atoms. The summed E-state index contributed by atoms with van der Waals surface area (Å²) >= 11 is 0. The van der Waals surface area contributed by atoms with E-state index < -0.39 is 0 Å². The van der Waals surface area contributed by atoms with Crippen molar-refractivity contribution < 1.29 is 4.74 Å². The summed E-state index contributed by atoms with van der Waals surface area (Å²) in [6.07, 6.45) is 0. The van der Waals surface area contributed by atoms with E-state index in [1.807, 2.05) is 27.7 Å². The molecule has 0 aliphatic carbocycles. The van der Waals surface area contributed by atoms with Crippen molar-refractivity contribution in [3.8, 4) is 0 Å². The van der Waals surface area contributed by atoms with Crippen molar-refractivity contribution in [2.24, 2.45) is 0 Å². The van der Waals surface area contributed by atoms with Gasteiger partial charge in [-0.05, 0) is 7.05 Å². The highest BCUT2D eigenvalue weighted by Crippen LogP contribution is 2.21. The standard InChI is InChI=1S/C7H14N2O.2C2H6/c1-9-2-3-10-6-7(9)4-8-5-7;2*1-2/h8H,2-6H2,1H3;2*1-2H3. The molecule has 2 aliphatic rings. The zero-order valence-corrected chi connectivity index (χ0v) is 10.4. The van der Waals surface area contributed by atoms with Gasteiger partial charge < -0.3 is 10.1 Å². The van der Waals surface area contributed by atoms with E-state index in [0.29, 0.717) is 5.54 Å². The summed E-state index contributed by atoms with van der Waals surface area (Å²) in [5, 5.41) is 3.28. The van der Waals surface area contributed by atoms with E-state index in [9.17, 15) is 0 Å². The van der Waals surface area contributed by atoms with Crippen molar-refractivity contribution in [3.63, 3.8) is 0 Å². The van der Waals surface area contributed by atoms with E-state index in [4.69, 9.17) is 4.74 Å². The minimum Gasteiger partial charge on any atom is -0.378 e. The maximum atomic E-state index is 5.42. The molecule has 0 bridgehead atoms. The molecule has 0 saturated carbocycles. The molecule has 0 aromatic rings. The maximum Gasteiger partial charge on any atom is 0.0692 e. The van der Waals surface area contributed by atoms with Crippen molar-refractivity contribution in [1.82, 2.24) is 10.2 Å². The SMILES string of the molecule is CC.CC.CN1CCOCC12CNC2. The molecule has 0 atom stereocenters. The van der Waals surface area contributed by atoms with E-state index in [0.717, 1.165) is 32.8 Å². The molecule has 86 valence electrons. The highest BCUT2D eigenvalue weighted by Gasteiger charge is 2.42. The predicted octanol–water partition coefficient (Wildman–Crippen LogP) is 1.34. The van der Waals surface area contributed by atoms with Gasteiger partial charge in [0.25, 0.3) is 0 Å². The van der Waals surface area contributed by atoms with Crippen LogP contribution < -0.4 is 5.32 Å². The quantitative estimate of drug-likeness (QED) is 0.641. The van der Waals surface area contributed by atoms with Gasteiger partial charge in [0.1, 0.15) is 0 Å². The molecule has 2 rings (SSSR count). The Morgan fingerprint density at radius 1 is 1.14 bits per heavy atom. The fourth-order valence-corrected chi connectivity index (χ4v) is 1.60. The summed E-state index contributed by atoms with van der Waals surface area (Å²) in [4.78, 5) is 2.41. The fourth-order valence-electron chi connectivity index (χ4n) is 1.60. The van der Waals surface area contributed by atoms with Crippen LogP contribution in [-0.2, 0) is 4.74 Å². The summed E-state index contributed by atoms with van der Waals surface area (Å²) in [7, 11) is 2.18. The molecule has 0 amide bonds. The minimum absolute atomic E-state index is 0.359. The number of rotatable bonds is 0. The van der Waals surface area contributed by atoms with Crippen LogP contribution in [-0.4, -0.2) is 50.3 Å². The minimum atomic E-state index is 0.359. The number of nitrogens with zero attached hydrogens (tertiary/aromatic N) is 1. The molecule has 1 spiro atoms. The lowest BCUT2D eigenvalue weighted by Gasteiger charge is -2.51. The van der Waals surface area contributed by atoms with Crippen LogP contribution in [0, 0.1) is 0 Å². The molecule has 3 nitrogen and oxygen atoms in total. The van der Waals surface area contributed by atoms with Crippen LogP contribution in [0.3, 0.4) is 0 Å². The van der Waals surface area contributed by atoms with Gasteiger partial charge in [0, 0.05) is 19.6 Å². The second-order valence-electron chi connectivity index (χ2n) is 3.30. The third-order valence-corrected chi connectivity index (χ3v) is 2.66. The summed E-state index contributed by atoms with van der Waals surface area (Å²) < 4.78 is 5.42. The number of likely N-dealkylation sites (N-methyl/N-ethyl adjacent to an activating group) is 1.